The van der Waals surface area contributed by atoms with Crippen molar-refractivity contribution in [1.29, 1.82) is 0 Å². The average molecular weight is 742 g/mol. The first kappa shape index (κ1) is 33.1. The van der Waals surface area contributed by atoms with Crippen molar-refractivity contribution in [3.8, 4) is 0 Å². The van der Waals surface area contributed by atoms with Gasteiger partial charge in [0, 0.05) is 30.2 Å². The molecule has 5 atom stereocenters. The van der Waals surface area contributed by atoms with Crippen LogP contribution in [0.15, 0.2) is 37.4 Å². The fourth-order valence-electron chi connectivity index (χ4n) is 6.12. The minimum absolute atomic E-state index is 0.0779. The molecule has 0 aliphatic heterocycles. The predicted octanol–water partition coefficient (Wildman–Crippen LogP) is 3.60. The summed E-state index contributed by atoms with van der Waals surface area (Å²) in [5, 5.41) is 10.5. The number of amides is 4. The molecule has 2 bridgehead atoms. The van der Waals surface area contributed by atoms with Crippen LogP contribution in [0.25, 0.3) is 0 Å². The number of rotatable bonds is 11. The molecule has 232 valence electrons. The van der Waals surface area contributed by atoms with Crippen molar-refractivity contribution in [2.45, 2.75) is 70.5 Å². The maximum Gasteiger partial charge on any atom is 0.287 e. The minimum Gasteiger partial charge on any atom is -0.353 e. The largest absolute Gasteiger partial charge is 0.353 e. The molecule has 4 amide bonds. The van der Waals surface area contributed by atoms with Gasteiger partial charge in [0.15, 0.2) is 0 Å². The van der Waals surface area contributed by atoms with E-state index in [0.717, 1.165) is 36.5 Å². The number of carbonyl (C=O) groups excluding carboxylic acids is 5. The molecule has 4 rings (SSSR count). The third-order valence-electron chi connectivity index (χ3n) is 8.20. The van der Waals surface area contributed by atoms with Crippen molar-refractivity contribution in [3.05, 3.63) is 47.9 Å². The maximum absolute atomic E-state index is 13.3. The number of aromatic nitrogens is 1. The van der Waals surface area contributed by atoms with Gasteiger partial charge in [-0.15, -0.1) is 11.3 Å². The summed E-state index contributed by atoms with van der Waals surface area (Å²) in [6, 6.07) is 3.37. The number of ketones is 1. The smallest absolute Gasteiger partial charge is 0.287 e. The van der Waals surface area contributed by atoms with E-state index in [2.05, 4.69) is 60.1 Å². The van der Waals surface area contributed by atoms with Crippen LogP contribution in [0, 0.1) is 17.8 Å². The Bertz CT molecular complexity index is 1440. The molecule has 2 saturated carbocycles. The Morgan fingerprint density at radius 2 is 1.91 bits per heavy atom. The quantitative estimate of drug-likeness (QED) is 0.258. The molecule has 0 aromatic carbocycles. The summed E-state index contributed by atoms with van der Waals surface area (Å²) in [5.41, 5.74) is -0.669. The summed E-state index contributed by atoms with van der Waals surface area (Å²) in [5.74, 6) is -1.58. The van der Waals surface area contributed by atoms with Crippen LogP contribution >= 0.6 is 43.2 Å². The number of anilines is 1. The summed E-state index contributed by atoms with van der Waals surface area (Å²) in [4.78, 5) is 76.6. The molecule has 5 unspecified atom stereocenters. The minimum atomic E-state index is -1.23. The SMILES string of the molecule is CNC(=O)C(=O)CCC(NC(=O)c1cc(Br)c(Br)s1)C(=O)Nc1cccn(CC(=O)NC2C(C)CC3CCCC2C3)c1=O. The molecule has 0 spiro atoms. The Balaban J connectivity index is 1.44. The van der Waals surface area contributed by atoms with Gasteiger partial charge in [0.05, 0.1) is 8.66 Å². The summed E-state index contributed by atoms with van der Waals surface area (Å²) >= 11 is 7.79. The third-order valence-corrected chi connectivity index (χ3v) is 11.5. The van der Waals surface area contributed by atoms with Gasteiger partial charge >= 0.3 is 0 Å². The highest BCUT2D eigenvalue weighted by Gasteiger charge is 2.38. The van der Waals surface area contributed by atoms with Crippen LogP contribution in [0.5, 0.6) is 0 Å². The van der Waals surface area contributed by atoms with Crippen molar-refractivity contribution in [2.75, 3.05) is 12.4 Å². The topological polar surface area (TPSA) is 155 Å². The standard InChI is InChI=1S/C29H35Br2N5O6S/c1-15-11-16-5-3-6-17(12-16)24(15)35-23(38)14-36-10-4-7-20(29(36)42)34-26(39)19(8-9-21(37)27(40)32-2)33-28(41)22-13-18(30)25(31)43-22/h4,7,10,13,15-17,19,24H,3,5-6,8-9,11-12,14H2,1-2H3,(H,32,40)(H,33,41)(H,34,39)(H,35,38). The molecule has 2 aromatic rings. The third kappa shape index (κ3) is 8.42. The number of hydrogen-bond acceptors (Lipinski definition) is 7. The van der Waals surface area contributed by atoms with Gasteiger partial charge in [-0.05, 0) is 93.5 Å². The van der Waals surface area contributed by atoms with E-state index in [1.54, 1.807) is 12.1 Å². The number of Topliss-reactive ketones (excluding diaryl/α,β-unsaturated/α-hetero) is 1. The van der Waals surface area contributed by atoms with Crippen LogP contribution in [-0.2, 0) is 25.7 Å². The molecular formula is C29H35Br2N5O6S. The summed E-state index contributed by atoms with van der Waals surface area (Å²) < 4.78 is 2.57. The lowest BCUT2D eigenvalue weighted by molar-refractivity contribution is -0.137. The van der Waals surface area contributed by atoms with Gasteiger partial charge in [-0.25, -0.2) is 0 Å². The zero-order valence-corrected chi connectivity index (χ0v) is 27.9. The van der Waals surface area contributed by atoms with Crippen LogP contribution < -0.4 is 26.8 Å². The lowest BCUT2D eigenvalue weighted by Crippen LogP contribution is -2.50. The highest BCUT2D eigenvalue weighted by Crippen LogP contribution is 2.42. The predicted molar refractivity (Wildman–Crippen MR) is 170 cm³/mol. The number of fused-ring (bicyclic) bond motifs is 2. The lowest BCUT2D eigenvalue weighted by Gasteiger charge is -2.44. The normalized spacial score (nSPS) is 21.8. The van der Waals surface area contributed by atoms with Gasteiger partial charge in [-0.2, -0.15) is 0 Å². The fourth-order valence-corrected chi connectivity index (χ4v) is 8.06. The second kappa shape index (κ2) is 14.8. The van der Waals surface area contributed by atoms with Gasteiger partial charge in [0.2, 0.25) is 17.6 Å². The monoisotopic (exact) mass is 739 g/mol. The number of pyridine rings is 1. The summed E-state index contributed by atoms with van der Waals surface area (Å²) in [6.07, 6.45) is 6.75. The van der Waals surface area contributed by atoms with E-state index in [4.69, 9.17) is 0 Å². The Morgan fingerprint density at radius 3 is 2.60 bits per heavy atom. The van der Waals surface area contributed by atoms with E-state index in [1.165, 1.54) is 36.7 Å². The second-order valence-corrected chi connectivity index (χ2v) is 14.5. The van der Waals surface area contributed by atoms with E-state index in [0.29, 0.717) is 25.0 Å². The van der Waals surface area contributed by atoms with Crippen LogP contribution in [0.2, 0.25) is 0 Å². The van der Waals surface area contributed by atoms with Crippen molar-refractivity contribution >= 4 is 78.3 Å². The lowest BCUT2D eigenvalue weighted by atomic mass is 9.65. The van der Waals surface area contributed by atoms with Crippen LogP contribution in [0.3, 0.4) is 0 Å². The molecule has 2 aliphatic rings. The van der Waals surface area contributed by atoms with E-state index < -0.39 is 35.1 Å². The van der Waals surface area contributed by atoms with Crippen molar-refractivity contribution < 1.29 is 24.0 Å². The van der Waals surface area contributed by atoms with Crippen LogP contribution in [-0.4, -0.2) is 53.1 Å². The van der Waals surface area contributed by atoms with Crippen molar-refractivity contribution in [1.82, 2.24) is 20.5 Å². The number of nitrogens with one attached hydrogen (secondary N) is 4. The zero-order chi connectivity index (χ0) is 31.3. The van der Waals surface area contributed by atoms with Crippen molar-refractivity contribution in [3.63, 3.8) is 0 Å². The van der Waals surface area contributed by atoms with E-state index >= 15 is 0 Å². The van der Waals surface area contributed by atoms with E-state index in [-0.39, 0.29) is 37.0 Å². The number of nitrogens with zero attached hydrogens (tertiary/aromatic N) is 1. The Hall–Kier alpha value is -2.84. The summed E-state index contributed by atoms with van der Waals surface area (Å²) in [7, 11) is 1.32. The fraction of sp³-hybridized carbons (Fsp3) is 0.517. The van der Waals surface area contributed by atoms with Gasteiger partial charge in [0.25, 0.3) is 17.4 Å². The van der Waals surface area contributed by atoms with Gasteiger partial charge in [-0.3, -0.25) is 28.8 Å². The number of carbonyl (C=O) groups is 5. The molecule has 2 fully saturated rings. The van der Waals surface area contributed by atoms with E-state index in [1.807, 2.05) is 0 Å². The number of thiophene rings is 1. The zero-order valence-electron chi connectivity index (χ0n) is 23.9. The number of hydrogen-bond donors (Lipinski definition) is 4. The van der Waals surface area contributed by atoms with Crippen LogP contribution in [0.4, 0.5) is 5.69 Å². The van der Waals surface area contributed by atoms with Gasteiger partial charge in [-0.1, -0.05) is 19.8 Å². The molecule has 2 heterocycles. The second-order valence-electron chi connectivity index (χ2n) is 11.2. The molecule has 4 N–H and O–H groups in total. The molecule has 2 aromatic heterocycles. The molecule has 14 heteroatoms. The Morgan fingerprint density at radius 1 is 1.14 bits per heavy atom. The number of halogens is 2. The average Bonchev–Trinajstić information content (AvgIpc) is 3.32. The first-order valence-corrected chi connectivity index (χ1v) is 16.7. The summed E-state index contributed by atoms with van der Waals surface area (Å²) in [6.45, 7) is 1.97. The Labute approximate surface area is 270 Å². The van der Waals surface area contributed by atoms with Crippen LogP contribution in [0.1, 0.15) is 61.5 Å². The molecule has 0 radical (unpaired) electrons. The first-order valence-electron chi connectivity index (χ1n) is 14.3. The highest BCUT2D eigenvalue weighted by molar-refractivity contribution is 9.13. The maximum atomic E-state index is 13.3. The molecule has 43 heavy (non-hydrogen) atoms. The first-order chi connectivity index (χ1) is 20.5. The molecular weight excluding hydrogens is 706 g/mol. The van der Waals surface area contributed by atoms with E-state index in [9.17, 15) is 28.8 Å². The molecule has 11 nitrogen and oxygen atoms in total. The van der Waals surface area contributed by atoms with Crippen molar-refractivity contribution in [2.24, 2.45) is 17.8 Å². The van der Waals surface area contributed by atoms with Gasteiger partial charge < -0.3 is 25.8 Å². The Kier molecular flexibility index (Phi) is 11.3. The number of likely N-dealkylation sites (N-methyl/N-ethyl adjacent to an activating group) is 1. The molecule has 2 aliphatic carbocycles. The molecule has 0 saturated heterocycles. The highest BCUT2D eigenvalue weighted by atomic mass is 79.9. The van der Waals surface area contributed by atoms with Gasteiger partial charge in [0.1, 0.15) is 18.3 Å².